The second-order valence-corrected chi connectivity index (χ2v) is 5.80. The van der Waals surface area contributed by atoms with Crippen LogP contribution >= 0.6 is 0 Å². The van der Waals surface area contributed by atoms with Crippen molar-refractivity contribution >= 4 is 5.91 Å². The van der Waals surface area contributed by atoms with E-state index in [2.05, 4.69) is 15.3 Å². The highest BCUT2D eigenvalue weighted by Gasteiger charge is 2.27. The molecule has 7 nitrogen and oxygen atoms in total. The van der Waals surface area contributed by atoms with Crippen molar-refractivity contribution in [3.63, 3.8) is 0 Å². The number of amides is 1. The number of imidazole rings is 1. The summed E-state index contributed by atoms with van der Waals surface area (Å²) in [6.45, 7) is 3.06. The summed E-state index contributed by atoms with van der Waals surface area (Å²) in [5.41, 5.74) is 1.55. The SMILES string of the molecule is CCOc1ccc(C(=O)N[C@@H]2CCO[C@@H](c3cncn3C)C2)cn1. The molecule has 0 radical (unpaired) electrons. The lowest BCUT2D eigenvalue weighted by atomic mass is 10.0. The minimum Gasteiger partial charge on any atom is -0.478 e. The average molecular weight is 330 g/mol. The summed E-state index contributed by atoms with van der Waals surface area (Å²) in [5.74, 6) is 0.401. The van der Waals surface area contributed by atoms with E-state index in [0.717, 1.165) is 18.5 Å². The molecule has 1 N–H and O–H groups in total. The molecule has 1 aliphatic heterocycles. The molecular weight excluding hydrogens is 308 g/mol. The summed E-state index contributed by atoms with van der Waals surface area (Å²) in [5, 5.41) is 3.07. The molecule has 24 heavy (non-hydrogen) atoms. The molecule has 3 rings (SSSR count). The first kappa shape index (κ1) is 16.4. The van der Waals surface area contributed by atoms with Crippen molar-refractivity contribution in [3.8, 4) is 5.88 Å². The number of nitrogens with zero attached hydrogens (tertiary/aromatic N) is 3. The zero-order chi connectivity index (χ0) is 16.9. The lowest BCUT2D eigenvalue weighted by Gasteiger charge is -2.30. The average Bonchev–Trinajstić information content (AvgIpc) is 3.02. The highest BCUT2D eigenvalue weighted by Crippen LogP contribution is 2.27. The largest absolute Gasteiger partial charge is 0.478 e. The monoisotopic (exact) mass is 330 g/mol. The van der Waals surface area contributed by atoms with E-state index in [1.54, 1.807) is 18.5 Å². The van der Waals surface area contributed by atoms with Crippen molar-refractivity contribution in [2.75, 3.05) is 13.2 Å². The molecule has 1 fully saturated rings. The summed E-state index contributed by atoms with van der Waals surface area (Å²) in [7, 11) is 1.94. The molecule has 2 aromatic rings. The number of hydrogen-bond donors (Lipinski definition) is 1. The predicted molar refractivity (Wildman–Crippen MR) is 87.8 cm³/mol. The Morgan fingerprint density at radius 1 is 1.46 bits per heavy atom. The third-order valence-corrected chi connectivity index (χ3v) is 4.09. The van der Waals surface area contributed by atoms with Crippen molar-refractivity contribution in [2.24, 2.45) is 7.05 Å². The van der Waals surface area contributed by atoms with E-state index in [4.69, 9.17) is 9.47 Å². The number of carbonyl (C=O) groups is 1. The first-order valence-electron chi connectivity index (χ1n) is 8.15. The highest BCUT2D eigenvalue weighted by molar-refractivity contribution is 5.94. The van der Waals surface area contributed by atoms with Gasteiger partial charge in [0.1, 0.15) is 6.10 Å². The molecule has 1 amide bonds. The quantitative estimate of drug-likeness (QED) is 0.905. The minimum absolute atomic E-state index is 0.0463. The molecule has 0 unspecified atom stereocenters. The van der Waals surface area contributed by atoms with Gasteiger partial charge in [-0.05, 0) is 25.8 Å². The number of pyridine rings is 1. The van der Waals surface area contributed by atoms with Gasteiger partial charge in [-0.25, -0.2) is 9.97 Å². The van der Waals surface area contributed by atoms with Gasteiger partial charge in [0.2, 0.25) is 5.88 Å². The zero-order valence-corrected chi connectivity index (χ0v) is 13.9. The van der Waals surface area contributed by atoms with Gasteiger partial charge in [0.05, 0.1) is 30.4 Å². The summed E-state index contributed by atoms with van der Waals surface area (Å²) >= 11 is 0. The van der Waals surface area contributed by atoms with Crippen LogP contribution in [0.15, 0.2) is 30.9 Å². The van der Waals surface area contributed by atoms with Crippen LogP contribution in [-0.2, 0) is 11.8 Å². The minimum atomic E-state index is -0.124. The number of aromatic nitrogens is 3. The Bertz CT molecular complexity index is 683. The molecule has 0 spiro atoms. The molecule has 1 aliphatic rings. The van der Waals surface area contributed by atoms with E-state index >= 15 is 0 Å². The normalized spacial score (nSPS) is 20.6. The Labute approximate surface area is 141 Å². The van der Waals surface area contributed by atoms with Gasteiger partial charge in [-0.2, -0.15) is 0 Å². The van der Waals surface area contributed by atoms with Gasteiger partial charge < -0.3 is 19.4 Å². The predicted octanol–water partition coefficient (Wildman–Crippen LogP) is 1.86. The highest BCUT2D eigenvalue weighted by atomic mass is 16.5. The van der Waals surface area contributed by atoms with Gasteiger partial charge in [-0.15, -0.1) is 0 Å². The molecule has 0 aliphatic carbocycles. The molecule has 128 valence electrons. The van der Waals surface area contributed by atoms with Gasteiger partial charge in [0.25, 0.3) is 5.91 Å². The first-order valence-corrected chi connectivity index (χ1v) is 8.15. The van der Waals surface area contributed by atoms with Crippen molar-refractivity contribution < 1.29 is 14.3 Å². The topological polar surface area (TPSA) is 78.3 Å². The summed E-state index contributed by atoms with van der Waals surface area (Å²) in [6.07, 6.45) is 6.59. The van der Waals surface area contributed by atoms with E-state index in [1.165, 1.54) is 6.20 Å². The molecular formula is C17H22N4O3. The summed E-state index contributed by atoms with van der Waals surface area (Å²) in [6, 6.07) is 3.50. The number of nitrogens with one attached hydrogen (secondary N) is 1. The molecule has 0 saturated carbocycles. The lowest BCUT2D eigenvalue weighted by Crippen LogP contribution is -2.40. The third-order valence-electron chi connectivity index (χ3n) is 4.09. The Balaban J connectivity index is 1.60. The van der Waals surface area contributed by atoms with Crippen LogP contribution in [0, 0.1) is 0 Å². The number of aryl methyl sites for hydroxylation is 1. The number of hydrogen-bond acceptors (Lipinski definition) is 5. The van der Waals surface area contributed by atoms with Crippen LogP contribution in [-0.4, -0.2) is 39.7 Å². The smallest absolute Gasteiger partial charge is 0.253 e. The maximum absolute atomic E-state index is 12.4. The Hall–Kier alpha value is -2.41. The van der Waals surface area contributed by atoms with Gasteiger partial charge in [0.15, 0.2) is 0 Å². The van der Waals surface area contributed by atoms with Gasteiger partial charge in [0, 0.05) is 32.0 Å². The Morgan fingerprint density at radius 2 is 2.33 bits per heavy atom. The molecule has 0 aromatic carbocycles. The fraction of sp³-hybridized carbons (Fsp3) is 0.471. The fourth-order valence-electron chi connectivity index (χ4n) is 2.83. The van der Waals surface area contributed by atoms with Crippen LogP contribution in [0.5, 0.6) is 5.88 Å². The van der Waals surface area contributed by atoms with Crippen molar-refractivity contribution in [1.29, 1.82) is 0 Å². The molecule has 3 heterocycles. The number of carbonyl (C=O) groups excluding carboxylic acids is 1. The zero-order valence-electron chi connectivity index (χ0n) is 13.9. The van der Waals surface area contributed by atoms with Crippen molar-refractivity contribution in [2.45, 2.75) is 31.9 Å². The number of rotatable bonds is 5. The van der Waals surface area contributed by atoms with Crippen LogP contribution in [0.2, 0.25) is 0 Å². The Morgan fingerprint density at radius 3 is 3.00 bits per heavy atom. The molecule has 1 saturated heterocycles. The van der Waals surface area contributed by atoms with Gasteiger partial charge >= 0.3 is 0 Å². The first-order chi connectivity index (χ1) is 11.7. The van der Waals surface area contributed by atoms with E-state index in [1.807, 2.05) is 24.7 Å². The Kier molecular flexibility index (Phi) is 5.10. The molecule has 7 heteroatoms. The maximum atomic E-state index is 12.4. The van der Waals surface area contributed by atoms with E-state index in [9.17, 15) is 4.79 Å². The lowest BCUT2D eigenvalue weighted by molar-refractivity contribution is -0.00301. The fourth-order valence-corrected chi connectivity index (χ4v) is 2.83. The van der Waals surface area contributed by atoms with E-state index < -0.39 is 0 Å². The van der Waals surface area contributed by atoms with Gasteiger partial charge in [-0.1, -0.05) is 0 Å². The van der Waals surface area contributed by atoms with Gasteiger partial charge in [-0.3, -0.25) is 4.79 Å². The molecule has 2 atom stereocenters. The van der Waals surface area contributed by atoms with Crippen molar-refractivity contribution in [1.82, 2.24) is 19.9 Å². The third kappa shape index (κ3) is 3.73. The number of ether oxygens (including phenoxy) is 2. The van der Waals surface area contributed by atoms with Crippen LogP contribution in [0.1, 0.15) is 41.9 Å². The van der Waals surface area contributed by atoms with E-state index in [-0.39, 0.29) is 18.1 Å². The van der Waals surface area contributed by atoms with Crippen LogP contribution in [0.25, 0.3) is 0 Å². The summed E-state index contributed by atoms with van der Waals surface area (Å²) in [4.78, 5) is 20.7. The molecule has 2 aromatic heterocycles. The summed E-state index contributed by atoms with van der Waals surface area (Å²) < 4.78 is 13.1. The van der Waals surface area contributed by atoms with Crippen LogP contribution in [0.3, 0.4) is 0 Å². The standard InChI is InChI=1S/C17H22N4O3/c1-3-23-16-5-4-12(9-19-16)17(22)20-13-6-7-24-15(8-13)14-10-18-11-21(14)2/h4-5,9-11,13,15H,3,6-8H2,1-2H3,(H,20,22)/t13-,15-/m1/s1. The van der Waals surface area contributed by atoms with Crippen LogP contribution in [0.4, 0.5) is 0 Å². The molecule has 0 bridgehead atoms. The second-order valence-electron chi connectivity index (χ2n) is 5.80. The van der Waals surface area contributed by atoms with Crippen LogP contribution < -0.4 is 10.1 Å². The van der Waals surface area contributed by atoms with Crippen molar-refractivity contribution in [3.05, 3.63) is 42.1 Å². The van der Waals surface area contributed by atoms with E-state index in [0.29, 0.717) is 24.7 Å². The second kappa shape index (κ2) is 7.44. The maximum Gasteiger partial charge on any atom is 0.253 e.